The van der Waals surface area contributed by atoms with Gasteiger partial charge in [0.1, 0.15) is 0 Å². The molecule has 0 spiro atoms. The third-order valence-corrected chi connectivity index (χ3v) is 5.27. The van der Waals surface area contributed by atoms with Gasteiger partial charge in [0.15, 0.2) is 11.9 Å². The molecule has 0 amide bonds. The summed E-state index contributed by atoms with van der Waals surface area (Å²) in [4.78, 5) is 4.64. The molecule has 1 aromatic heterocycles. The second-order valence-electron chi connectivity index (χ2n) is 6.45. The van der Waals surface area contributed by atoms with Crippen LogP contribution in [0.15, 0.2) is 65.8 Å². The number of thioether (sulfide) groups is 1. The molecule has 1 aliphatic heterocycles. The lowest BCUT2D eigenvalue weighted by molar-refractivity contribution is 0.266. The van der Waals surface area contributed by atoms with Crippen molar-refractivity contribution < 1.29 is 4.74 Å². The topological polar surface area (TPSA) is 59.9 Å². The Morgan fingerprint density at radius 2 is 1.89 bits per heavy atom. The second kappa shape index (κ2) is 8.89. The van der Waals surface area contributed by atoms with E-state index < -0.39 is 0 Å². The Morgan fingerprint density at radius 3 is 2.75 bits per heavy atom. The van der Waals surface area contributed by atoms with Crippen LogP contribution in [0.1, 0.15) is 25.3 Å². The van der Waals surface area contributed by atoms with Gasteiger partial charge in [-0.3, -0.25) is 0 Å². The Balaban J connectivity index is 1.65. The van der Waals surface area contributed by atoms with Crippen molar-refractivity contribution in [2.24, 2.45) is 0 Å². The molecular formula is C22H22N4OS. The molecule has 0 saturated heterocycles. The van der Waals surface area contributed by atoms with Crippen LogP contribution in [0.3, 0.4) is 0 Å². The lowest BCUT2D eigenvalue weighted by Gasteiger charge is -2.15. The summed E-state index contributed by atoms with van der Waals surface area (Å²) in [6.45, 7) is 2.17. The standard InChI is InChI=1S/C22H22N4OS/c1-2-3-15-28-22-24-21-20(25-26-22)17-11-7-8-12-18(17)23-19(27-21)14-13-16-9-5-4-6-10-16/h4-14,19,23H,2-3,15H2,1H3. The number of unbranched alkanes of at least 4 members (excludes halogenated alkanes) is 1. The zero-order chi connectivity index (χ0) is 19.2. The molecule has 0 fully saturated rings. The number of rotatable bonds is 6. The van der Waals surface area contributed by atoms with Gasteiger partial charge in [-0.25, -0.2) is 0 Å². The molecule has 0 radical (unpaired) electrons. The van der Waals surface area contributed by atoms with Gasteiger partial charge in [-0.15, -0.1) is 10.2 Å². The molecule has 1 atom stereocenters. The summed E-state index contributed by atoms with van der Waals surface area (Å²) in [6.07, 6.45) is 5.95. The van der Waals surface area contributed by atoms with Crippen molar-refractivity contribution in [2.75, 3.05) is 11.1 Å². The second-order valence-corrected chi connectivity index (χ2v) is 7.51. The summed E-state index contributed by atoms with van der Waals surface area (Å²) in [5.74, 6) is 1.48. The fourth-order valence-electron chi connectivity index (χ4n) is 2.89. The first-order chi connectivity index (χ1) is 13.8. The van der Waals surface area contributed by atoms with Crippen molar-refractivity contribution in [3.63, 3.8) is 0 Å². The summed E-state index contributed by atoms with van der Waals surface area (Å²) in [5.41, 5.74) is 3.67. The van der Waals surface area contributed by atoms with E-state index in [2.05, 4.69) is 39.6 Å². The summed E-state index contributed by atoms with van der Waals surface area (Å²) in [7, 11) is 0. The fraction of sp³-hybridized carbons (Fsp3) is 0.227. The first-order valence-corrected chi connectivity index (χ1v) is 10.5. The van der Waals surface area contributed by atoms with Crippen molar-refractivity contribution in [1.82, 2.24) is 15.2 Å². The zero-order valence-electron chi connectivity index (χ0n) is 15.7. The van der Waals surface area contributed by atoms with E-state index in [4.69, 9.17) is 4.74 Å². The molecule has 142 valence electrons. The normalized spacial score (nSPS) is 15.2. The molecule has 6 heteroatoms. The number of para-hydroxylation sites is 1. The molecule has 5 nitrogen and oxygen atoms in total. The summed E-state index contributed by atoms with van der Waals surface area (Å²) in [5, 5.41) is 12.8. The first-order valence-electron chi connectivity index (χ1n) is 9.47. The van der Waals surface area contributed by atoms with Crippen LogP contribution < -0.4 is 10.1 Å². The average molecular weight is 391 g/mol. The predicted molar refractivity (Wildman–Crippen MR) is 114 cm³/mol. The molecule has 0 aliphatic carbocycles. The van der Waals surface area contributed by atoms with E-state index in [1.807, 2.05) is 54.6 Å². The lowest BCUT2D eigenvalue weighted by Crippen LogP contribution is -2.23. The van der Waals surface area contributed by atoms with Gasteiger partial charge in [-0.2, -0.15) is 4.98 Å². The molecule has 0 saturated carbocycles. The Bertz CT molecular complexity index is 962. The number of aromatic nitrogens is 3. The van der Waals surface area contributed by atoms with Crippen LogP contribution in [0.4, 0.5) is 5.69 Å². The van der Waals surface area contributed by atoms with Crippen LogP contribution in [-0.4, -0.2) is 27.2 Å². The largest absolute Gasteiger partial charge is 0.448 e. The maximum atomic E-state index is 6.18. The Hall–Kier alpha value is -2.86. The molecule has 1 unspecified atom stereocenters. The average Bonchev–Trinajstić information content (AvgIpc) is 2.89. The van der Waals surface area contributed by atoms with Gasteiger partial charge in [-0.05, 0) is 24.1 Å². The summed E-state index contributed by atoms with van der Waals surface area (Å²) in [6, 6.07) is 18.1. The zero-order valence-corrected chi connectivity index (χ0v) is 16.5. The van der Waals surface area contributed by atoms with Crippen molar-refractivity contribution >= 4 is 23.5 Å². The minimum Gasteiger partial charge on any atom is -0.448 e. The number of anilines is 1. The SMILES string of the molecule is CCCCSc1nnc2c(n1)OC(C=Cc1ccccc1)Nc1ccccc1-2. The van der Waals surface area contributed by atoms with Crippen LogP contribution in [0.5, 0.6) is 5.88 Å². The molecule has 1 N–H and O–H groups in total. The highest BCUT2D eigenvalue weighted by atomic mass is 32.2. The Morgan fingerprint density at radius 1 is 1.07 bits per heavy atom. The number of hydrogen-bond donors (Lipinski definition) is 1. The van der Waals surface area contributed by atoms with Gasteiger partial charge in [0.2, 0.25) is 11.0 Å². The third-order valence-electron chi connectivity index (χ3n) is 4.35. The Labute approximate surface area is 169 Å². The minimum atomic E-state index is -0.354. The summed E-state index contributed by atoms with van der Waals surface area (Å²) < 4.78 is 6.18. The maximum Gasteiger partial charge on any atom is 0.247 e. The molecule has 4 rings (SSSR count). The number of ether oxygens (including phenoxy) is 1. The van der Waals surface area contributed by atoms with E-state index >= 15 is 0 Å². The van der Waals surface area contributed by atoms with Crippen LogP contribution in [-0.2, 0) is 0 Å². The fourth-order valence-corrected chi connectivity index (χ4v) is 3.75. The van der Waals surface area contributed by atoms with Crippen molar-refractivity contribution in [1.29, 1.82) is 0 Å². The van der Waals surface area contributed by atoms with Crippen LogP contribution in [0.25, 0.3) is 17.3 Å². The van der Waals surface area contributed by atoms with Crippen molar-refractivity contribution in [3.05, 3.63) is 66.2 Å². The van der Waals surface area contributed by atoms with Gasteiger partial charge in [0, 0.05) is 17.0 Å². The number of benzene rings is 2. The van der Waals surface area contributed by atoms with Gasteiger partial charge < -0.3 is 10.1 Å². The number of nitrogens with one attached hydrogen (secondary N) is 1. The van der Waals surface area contributed by atoms with E-state index in [1.165, 1.54) is 0 Å². The van der Waals surface area contributed by atoms with E-state index in [0.717, 1.165) is 35.4 Å². The highest BCUT2D eigenvalue weighted by Gasteiger charge is 2.23. The molecule has 2 heterocycles. The van der Waals surface area contributed by atoms with Crippen molar-refractivity contribution in [3.8, 4) is 17.1 Å². The molecule has 1 aliphatic rings. The first kappa shape index (κ1) is 18.5. The molecule has 0 bridgehead atoms. The van der Waals surface area contributed by atoms with Gasteiger partial charge in [0.25, 0.3) is 0 Å². The summed E-state index contributed by atoms with van der Waals surface area (Å²) >= 11 is 1.61. The van der Waals surface area contributed by atoms with E-state index in [-0.39, 0.29) is 6.23 Å². The van der Waals surface area contributed by atoms with E-state index in [1.54, 1.807) is 11.8 Å². The molecule has 28 heavy (non-hydrogen) atoms. The van der Waals surface area contributed by atoms with Gasteiger partial charge >= 0.3 is 0 Å². The third kappa shape index (κ3) is 4.34. The van der Waals surface area contributed by atoms with Gasteiger partial charge in [-0.1, -0.05) is 79.7 Å². The maximum absolute atomic E-state index is 6.18. The van der Waals surface area contributed by atoms with Crippen molar-refractivity contribution in [2.45, 2.75) is 31.1 Å². The number of nitrogens with zero attached hydrogens (tertiary/aromatic N) is 3. The van der Waals surface area contributed by atoms with Crippen LogP contribution in [0, 0.1) is 0 Å². The number of hydrogen-bond acceptors (Lipinski definition) is 6. The van der Waals surface area contributed by atoms with Gasteiger partial charge in [0.05, 0.1) is 0 Å². The Kier molecular flexibility index (Phi) is 5.87. The van der Waals surface area contributed by atoms with Crippen LogP contribution in [0.2, 0.25) is 0 Å². The molecular weight excluding hydrogens is 368 g/mol. The minimum absolute atomic E-state index is 0.354. The monoisotopic (exact) mass is 390 g/mol. The molecule has 3 aromatic rings. The van der Waals surface area contributed by atoms with E-state index in [9.17, 15) is 0 Å². The molecule has 2 aromatic carbocycles. The van der Waals surface area contributed by atoms with Crippen LogP contribution >= 0.6 is 11.8 Å². The predicted octanol–water partition coefficient (Wildman–Crippen LogP) is 5.27. The van der Waals surface area contributed by atoms with E-state index in [0.29, 0.717) is 16.7 Å². The highest BCUT2D eigenvalue weighted by Crippen LogP contribution is 2.36. The smallest absolute Gasteiger partial charge is 0.247 e. The lowest BCUT2D eigenvalue weighted by atomic mass is 10.1. The quantitative estimate of drug-likeness (QED) is 0.457. The number of fused-ring (bicyclic) bond motifs is 3. The highest BCUT2D eigenvalue weighted by molar-refractivity contribution is 7.99.